The molecule has 2 rings (SSSR count). The van der Waals surface area contributed by atoms with E-state index < -0.39 is 18.6 Å². The Hall–Kier alpha value is -2.02. The summed E-state index contributed by atoms with van der Waals surface area (Å²) >= 11 is 0. The van der Waals surface area contributed by atoms with Crippen molar-refractivity contribution in [2.24, 2.45) is 0 Å². The Morgan fingerprint density at radius 2 is 2.00 bits per heavy atom. The van der Waals surface area contributed by atoms with Gasteiger partial charge >= 0.3 is 6.18 Å². The number of hydrogen-bond donors (Lipinski definition) is 2. The lowest BCUT2D eigenvalue weighted by molar-refractivity contribution is -0.138. The molecule has 1 aromatic heterocycles. The Kier molecular flexibility index (Phi) is 4.52. The second-order valence-corrected chi connectivity index (χ2v) is 4.72. The maximum absolute atomic E-state index is 12.1. The molecule has 0 atom stereocenters. The molecule has 4 nitrogen and oxygen atoms in total. The lowest BCUT2D eigenvalue weighted by atomic mass is 10.2. The summed E-state index contributed by atoms with van der Waals surface area (Å²) in [5.41, 5.74) is 1.82. The van der Waals surface area contributed by atoms with Crippen LogP contribution in [0.25, 0.3) is 10.9 Å². The minimum absolute atomic E-state index is 0.139. The normalized spacial score (nSPS) is 11.8. The first-order valence-corrected chi connectivity index (χ1v) is 6.45. The molecule has 0 fully saturated rings. The maximum Gasteiger partial charge on any atom is 0.405 e. The average molecular weight is 299 g/mol. The molecule has 7 heteroatoms. The summed E-state index contributed by atoms with van der Waals surface area (Å²) in [5, 5.41) is 5.88. The zero-order valence-corrected chi connectivity index (χ0v) is 11.5. The van der Waals surface area contributed by atoms with Gasteiger partial charge in [-0.25, -0.2) is 0 Å². The van der Waals surface area contributed by atoms with E-state index in [0.717, 1.165) is 16.5 Å². The first-order chi connectivity index (χ1) is 9.90. The van der Waals surface area contributed by atoms with Crippen molar-refractivity contribution in [3.8, 4) is 0 Å². The number of halogens is 3. The van der Waals surface area contributed by atoms with Crippen LogP contribution in [0.2, 0.25) is 0 Å². The molecule has 0 radical (unpaired) electrons. The van der Waals surface area contributed by atoms with E-state index in [1.54, 1.807) is 10.8 Å². The van der Waals surface area contributed by atoms with Gasteiger partial charge in [0.1, 0.15) is 13.1 Å². The molecule has 1 aromatic carbocycles. The van der Waals surface area contributed by atoms with Gasteiger partial charge < -0.3 is 15.2 Å². The van der Waals surface area contributed by atoms with Gasteiger partial charge in [0.25, 0.3) is 0 Å². The predicted octanol–water partition coefficient (Wildman–Crippen LogP) is 2.04. The molecule has 1 amide bonds. The average Bonchev–Trinajstić information content (AvgIpc) is 2.75. The Bertz CT molecular complexity index is 634. The van der Waals surface area contributed by atoms with Gasteiger partial charge in [-0.05, 0) is 18.7 Å². The molecule has 114 valence electrons. The third-order valence-corrected chi connectivity index (χ3v) is 3.04. The lowest BCUT2D eigenvalue weighted by Crippen LogP contribution is -2.35. The molecule has 0 aliphatic heterocycles. The minimum Gasteiger partial charge on any atom is -0.345 e. The molecule has 21 heavy (non-hydrogen) atoms. The van der Waals surface area contributed by atoms with E-state index in [1.165, 1.54) is 0 Å². The van der Waals surface area contributed by atoms with Crippen LogP contribution in [-0.4, -0.2) is 30.2 Å². The molecule has 2 N–H and O–H groups in total. The van der Waals surface area contributed by atoms with Gasteiger partial charge in [-0.1, -0.05) is 18.2 Å². The fraction of sp³-hybridized carbons (Fsp3) is 0.357. The highest BCUT2D eigenvalue weighted by Crippen LogP contribution is 2.21. The molecule has 2 aromatic rings. The first kappa shape index (κ1) is 15.4. The molecule has 1 heterocycles. The molecule has 0 aliphatic rings. The second kappa shape index (κ2) is 6.17. The van der Waals surface area contributed by atoms with Crippen molar-refractivity contribution < 1.29 is 18.0 Å². The number of para-hydroxylation sites is 1. The van der Waals surface area contributed by atoms with Gasteiger partial charge in [0.2, 0.25) is 5.91 Å². The van der Waals surface area contributed by atoms with Gasteiger partial charge in [-0.3, -0.25) is 4.79 Å². The molecular formula is C14H16F3N3O. The molecule has 0 unspecified atom stereocenters. The molecular weight excluding hydrogens is 283 g/mol. The molecule has 0 aliphatic carbocycles. The number of fused-ring (bicyclic) bond motifs is 1. The number of aromatic nitrogens is 1. The highest BCUT2D eigenvalue weighted by molar-refractivity contribution is 5.86. The number of amides is 1. The zero-order chi connectivity index (χ0) is 15.5. The fourth-order valence-electron chi connectivity index (χ4n) is 2.19. The monoisotopic (exact) mass is 299 g/mol. The van der Waals surface area contributed by atoms with Crippen molar-refractivity contribution in [2.45, 2.75) is 19.3 Å². The van der Waals surface area contributed by atoms with Crippen molar-refractivity contribution in [3.63, 3.8) is 0 Å². The summed E-state index contributed by atoms with van der Waals surface area (Å²) in [6, 6.07) is 7.48. The van der Waals surface area contributed by atoms with E-state index in [4.69, 9.17) is 0 Å². The van der Waals surface area contributed by atoms with Crippen molar-refractivity contribution in [3.05, 3.63) is 36.0 Å². The van der Waals surface area contributed by atoms with E-state index >= 15 is 0 Å². The Balaban J connectivity index is 2.16. The number of nitrogens with one attached hydrogen (secondary N) is 2. The molecule has 0 bridgehead atoms. The van der Waals surface area contributed by atoms with Crippen LogP contribution in [0.4, 0.5) is 13.2 Å². The Morgan fingerprint density at radius 3 is 2.67 bits per heavy atom. The van der Waals surface area contributed by atoms with Gasteiger partial charge in [-0.15, -0.1) is 0 Å². The quantitative estimate of drug-likeness (QED) is 0.887. The lowest BCUT2D eigenvalue weighted by Gasteiger charge is -2.09. The van der Waals surface area contributed by atoms with Gasteiger partial charge in [0.05, 0.1) is 0 Å². The summed E-state index contributed by atoms with van der Waals surface area (Å²) < 4.78 is 37.9. The summed E-state index contributed by atoms with van der Waals surface area (Å²) in [4.78, 5) is 11.6. The van der Waals surface area contributed by atoms with Crippen molar-refractivity contribution in [1.29, 1.82) is 0 Å². The van der Waals surface area contributed by atoms with E-state index in [-0.39, 0.29) is 6.54 Å². The molecule has 0 saturated carbocycles. The second-order valence-electron chi connectivity index (χ2n) is 4.72. The fourth-order valence-corrected chi connectivity index (χ4v) is 2.19. The maximum atomic E-state index is 12.1. The van der Waals surface area contributed by atoms with E-state index in [2.05, 4.69) is 5.32 Å². The van der Waals surface area contributed by atoms with E-state index in [1.807, 2.05) is 36.6 Å². The third kappa shape index (κ3) is 3.98. The molecule has 0 saturated heterocycles. The summed E-state index contributed by atoms with van der Waals surface area (Å²) in [5.74, 6) is -0.663. The Morgan fingerprint density at radius 1 is 1.29 bits per heavy atom. The van der Waals surface area contributed by atoms with Gasteiger partial charge in [-0.2, -0.15) is 13.2 Å². The first-order valence-electron chi connectivity index (χ1n) is 6.45. The van der Waals surface area contributed by atoms with Crippen LogP contribution in [0, 0.1) is 0 Å². The number of alkyl halides is 3. The van der Waals surface area contributed by atoms with Gasteiger partial charge in [0, 0.05) is 23.6 Å². The number of rotatable bonds is 5. The van der Waals surface area contributed by atoms with Crippen LogP contribution in [0.3, 0.4) is 0 Å². The summed E-state index contributed by atoms with van der Waals surface area (Å²) in [7, 11) is 1.81. The zero-order valence-electron chi connectivity index (χ0n) is 11.5. The number of carbonyl (C=O) groups is 1. The van der Waals surface area contributed by atoms with Crippen LogP contribution in [-0.2, 0) is 17.9 Å². The smallest absolute Gasteiger partial charge is 0.345 e. The molecule has 0 spiro atoms. The standard InChI is InChI=1S/C14H16F3N3O/c1-18-6-10-7-20(12-5-3-2-4-11(10)12)8-13(21)19-9-14(15,16)17/h2-5,7,18H,6,8-9H2,1H3,(H,19,21). The minimum atomic E-state index is -4.40. The number of benzene rings is 1. The van der Waals surface area contributed by atoms with Crippen molar-refractivity contribution in [1.82, 2.24) is 15.2 Å². The predicted molar refractivity (Wildman–Crippen MR) is 73.8 cm³/mol. The van der Waals surface area contributed by atoms with Gasteiger partial charge in [0.15, 0.2) is 0 Å². The largest absolute Gasteiger partial charge is 0.405 e. The SMILES string of the molecule is CNCc1cn(CC(=O)NCC(F)(F)F)c2ccccc12. The summed E-state index contributed by atoms with van der Waals surface area (Å²) in [6.07, 6.45) is -2.61. The number of nitrogens with zero attached hydrogens (tertiary/aromatic N) is 1. The number of hydrogen-bond acceptors (Lipinski definition) is 2. The van der Waals surface area contributed by atoms with E-state index in [0.29, 0.717) is 6.54 Å². The van der Waals surface area contributed by atoms with Crippen LogP contribution in [0.1, 0.15) is 5.56 Å². The topological polar surface area (TPSA) is 46.1 Å². The van der Waals surface area contributed by atoms with Crippen LogP contribution in [0.15, 0.2) is 30.5 Å². The van der Waals surface area contributed by atoms with Crippen LogP contribution in [0.5, 0.6) is 0 Å². The van der Waals surface area contributed by atoms with Crippen molar-refractivity contribution >= 4 is 16.8 Å². The van der Waals surface area contributed by atoms with Crippen LogP contribution >= 0.6 is 0 Å². The highest BCUT2D eigenvalue weighted by atomic mass is 19.4. The highest BCUT2D eigenvalue weighted by Gasteiger charge is 2.27. The third-order valence-electron chi connectivity index (χ3n) is 3.04. The van der Waals surface area contributed by atoms with E-state index in [9.17, 15) is 18.0 Å². The summed E-state index contributed by atoms with van der Waals surface area (Å²) in [6.45, 7) is -0.827. The van der Waals surface area contributed by atoms with Crippen LogP contribution < -0.4 is 10.6 Å². The number of carbonyl (C=O) groups excluding carboxylic acids is 1. The van der Waals surface area contributed by atoms with Crippen molar-refractivity contribution in [2.75, 3.05) is 13.6 Å². The Labute approximate surface area is 119 Å².